The van der Waals surface area contributed by atoms with Gasteiger partial charge in [0.25, 0.3) is 0 Å². The number of benzene rings is 4. The van der Waals surface area contributed by atoms with E-state index in [-0.39, 0.29) is 23.3 Å². The molecule has 32 nitrogen and oxygen atoms in total. The van der Waals surface area contributed by atoms with Crippen LogP contribution in [0.2, 0.25) is 0 Å². The van der Waals surface area contributed by atoms with Crippen LogP contribution in [0, 0.1) is 23.3 Å². The van der Waals surface area contributed by atoms with Gasteiger partial charge in [0.15, 0.2) is 45.9 Å². The molecular weight excluding hydrogens is 1760 g/mol. The highest BCUT2D eigenvalue weighted by Crippen LogP contribution is 2.40. The fourth-order valence-electron chi connectivity index (χ4n) is 16.5. The number of fused-ring (bicyclic) bond motifs is 8. The minimum absolute atomic E-state index is 0.286. The number of anilines is 2. The molecule has 20 aromatic heterocycles. The maximum absolute atomic E-state index is 13.4. The van der Waals surface area contributed by atoms with Crippen molar-refractivity contribution in [3.63, 3.8) is 0 Å². The summed E-state index contributed by atoms with van der Waals surface area (Å²) in [5.74, 6) is 1.33. The van der Waals surface area contributed by atoms with Crippen molar-refractivity contribution in [3.05, 3.63) is 304 Å². The summed E-state index contributed by atoms with van der Waals surface area (Å²) in [6.45, 7) is 8.70. The molecule has 20 heterocycles. The standard InChI is InChI=1S/3C26H21FN8.C25H19FN8/c1-35(2)14-15-7-17(10-28-9-15)18-8-20-24(33-34-25(20)30-11-18)26-31-22-13-29-12-21(23(22)32-26)16-3-5-19(27)6-4-16;1-14(2)31-19-7-16(9-28-11-19)17-8-20-24(34-35-25(20)30-10-17)26-32-22-13-29-12-21(23(22)33-26)15-3-5-18(27)6-4-15;1-2-28-9-15-7-17(11-29-10-15)18-8-20-24(34-35-25(20)31-12-18)26-32-22-14-30-13-21(23(22)33-26)16-3-5-19(27)6-4-16;1-34(2)18-7-15(9-27-11-18)16-8-19-23(32-33-24(19)29-10-16)25-30-21-13-28-12-20(22(21)31-25)14-3-5-17(26)6-4-14/h3-13H,14H2,1-2H3,(H,31,32)(H,30,33,34);3-14,31H,1-2H3,(H,32,33)(H,30,34,35);3-8,10-14,28H,2,9H2,1H3,(H,32,33)(H,31,34,35);3-13H,1-2H3,(H,30,31)(H,29,32,33). The number of aromatic amines is 8. The Hall–Kier alpha value is -18.3. The number of rotatable bonds is 20. The molecule has 0 atom stereocenters. The predicted octanol–water partition coefficient (Wildman–Crippen LogP) is 20.1. The Morgan fingerprint density at radius 2 is 0.604 bits per heavy atom. The highest BCUT2D eigenvalue weighted by molar-refractivity contribution is 6.02. The number of imidazole rings is 4. The average Bonchev–Trinajstić information content (AvgIpc) is 1.63. The summed E-state index contributed by atoms with van der Waals surface area (Å²) < 4.78 is 53.7. The molecular formula is C103H82F4N32. The van der Waals surface area contributed by atoms with Gasteiger partial charge in [-0.3, -0.25) is 60.3 Å². The Balaban J connectivity index is 0.000000110. The van der Waals surface area contributed by atoms with Gasteiger partial charge in [-0.05, 0) is 165 Å². The lowest BCUT2D eigenvalue weighted by atomic mass is 10.1. The molecule has 0 unspecified atom stereocenters. The zero-order chi connectivity index (χ0) is 94.9. The Morgan fingerprint density at radius 1 is 0.309 bits per heavy atom. The zero-order valence-corrected chi connectivity index (χ0v) is 75.5. The van der Waals surface area contributed by atoms with Gasteiger partial charge in [-0.25, -0.2) is 57.4 Å². The lowest BCUT2D eigenvalue weighted by Crippen LogP contribution is -2.11. The third-order valence-corrected chi connectivity index (χ3v) is 23.2. The summed E-state index contributed by atoms with van der Waals surface area (Å²) in [5, 5.41) is 39.8. The van der Waals surface area contributed by atoms with Crippen molar-refractivity contribution >= 4 is 99.6 Å². The van der Waals surface area contributed by atoms with Crippen molar-refractivity contribution in [2.75, 3.05) is 45.0 Å². The maximum Gasteiger partial charge on any atom is 0.181 e. The molecule has 0 fully saturated rings. The van der Waals surface area contributed by atoms with Gasteiger partial charge in [-0.15, -0.1) is 0 Å². The van der Waals surface area contributed by atoms with Crippen LogP contribution in [0.25, 0.3) is 223 Å². The van der Waals surface area contributed by atoms with Crippen molar-refractivity contribution in [1.29, 1.82) is 0 Å². The highest BCUT2D eigenvalue weighted by Gasteiger charge is 2.24. The van der Waals surface area contributed by atoms with Gasteiger partial charge in [-0.1, -0.05) is 55.5 Å². The second kappa shape index (κ2) is 37.6. The summed E-state index contributed by atoms with van der Waals surface area (Å²) in [5.41, 5.74) is 29.7. The highest BCUT2D eigenvalue weighted by atomic mass is 19.1. The van der Waals surface area contributed by atoms with E-state index in [9.17, 15) is 17.6 Å². The fraction of sp³-hybridized carbons (Fsp3) is 0.107. The van der Waals surface area contributed by atoms with Crippen LogP contribution < -0.4 is 15.5 Å². The van der Waals surface area contributed by atoms with E-state index in [1.54, 1.807) is 129 Å². The van der Waals surface area contributed by atoms with Gasteiger partial charge >= 0.3 is 0 Å². The second-order valence-electron chi connectivity index (χ2n) is 33.7. The van der Waals surface area contributed by atoms with Crippen LogP contribution in [0.5, 0.6) is 0 Å². The van der Waals surface area contributed by atoms with Gasteiger partial charge in [0.2, 0.25) is 0 Å². The van der Waals surface area contributed by atoms with Crippen LogP contribution in [0.15, 0.2) is 270 Å². The van der Waals surface area contributed by atoms with Crippen molar-refractivity contribution in [3.8, 4) is 135 Å². The molecule has 0 saturated heterocycles. The molecule has 36 heteroatoms. The van der Waals surface area contributed by atoms with E-state index in [1.165, 1.54) is 48.5 Å². The molecule has 0 amide bonds. The molecule has 4 aromatic carbocycles. The minimum Gasteiger partial charge on any atom is -0.382 e. The molecule has 682 valence electrons. The monoisotopic (exact) mass is 1840 g/mol. The number of H-pyrrole nitrogens is 8. The molecule has 10 N–H and O–H groups in total. The first-order chi connectivity index (χ1) is 67.8. The number of pyridine rings is 12. The van der Waals surface area contributed by atoms with E-state index >= 15 is 0 Å². The van der Waals surface area contributed by atoms with Crippen LogP contribution in [0.1, 0.15) is 31.9 Å². The van der Waals surface area contributed by atoms with E-state index < -0.39 is 0 Å². The van der Waals surface area contributed by atoms with Crippen LogP contribution in [0.3, 0.4) is 0 Å². The van der Waals surface area contributed by atoms with E-state index in [4.69, 9.17) is 19.9 Å². The zero-order valence-electron chi connectivity index (χ0n) is 75.5. The van der Waals surface area contributed by atoms with Crippen LogP contribution in [-0.4, -0.2) is 186 Å². The van der Waals surface area contributed by atoms with Gasteiger partial charge in [0.05, 0.1) is 108 Å². The Morgan fingerprint density at radius 3 is 0.928 bits per heavy atom. The van der Waals surface area contributed by atoms with Gasteiger partial charge < -0.3 is 40.4 Å². The molecule has 0 saturated carbocycles. The third-order valence-electron chi connectivity index (χ3n) is 23.2. The quantitative estimate of drug-likeness (QED) is 0.0317. The number of nitrogens with zero attached hydrogens (tertiary/aromatic N) is 22. The molecule has 24 aromatic rings. The summed E-state index contributed by atoms with van der Waals surface area (Å²) in [6, 6.07) is 42.0. The van der Waals surface area contributed by atoms with E-state index in [1.807, 2.05) is 101 Å². The topological polar surface area (TPSA) is 415 Å². The Labute approximate surface area is 787 Å². The van der Waals surface area contributed by atoms with Crippen molar-refractivity contribution in [1.82, 2.24) is 151 Å². The van der Waals surface area contributed by atoms with Crippen LogP contribution in [0.4, 0.5) is 28.9 Å². The lowest BCUT2D eigenvalue weighted by Gasteiger charge is -2.12. The molecule has 0 aliphatic heterocycles. The smallest absolute Gasteiger partial charge is 0.181 e. The van der Waals surface area contributed by atoms with Gasteiger partial charge in [0.1, 0.15) is 46.0 Å². The summed E-state index contributed by atoms with van der Waals surface area (Å²) in [4.78, 5) is 89.9. The lowest BCUT2D eigenvalue weighted by molar-refractivity contribution is 0.402. The third kappa shape index (κ3) is 18.2. The first kappa shape index (κ1) is 87.3. The largest absolute Gasteiger partial charge is 0.382 e. The van der Waals surface area contributed by atoms with E-state index in [0.717, 1.165) is 220 Å². The van der Waals surface area contributed by atoms with Crippen molar-refractivity contribution in [2.24, 2.45) is 0 Å². The molecule has 0 radical (unpaired) electrons. The second-order valence-corrected chi connectivity index (χ2v) is 33.7. The normalized spacial score (nSPS) is 11.5. The first-order valence-corrected chi connectivity index (χ1v) is 44.2. The molecule has 0 bridgehead atoms. The van der Waals surface area contributed by atoms with Gasteiger partial charge in [-0.2, -0.15) is 20.4 Å². The number of nitrogens with one attached hydrogen (secondary N) is 10. The predicted molar refractivity (Wildman–Crippen MR) is 529 cm³/mol. The number of halogens is 4. The van der Waals surface area contributed by atoms with Crippen LogP contribution in [-0.2, 0) is 13.1 Å². The molecule has 24 rings (SSSR count). The Bertz CT molecular complexity index is 8380. The summed E-state index contributed by atoms with van der Waals surface area (Å²) >= 11 is 0. The van der Waals surface area contributed by atoms with Crippen molar-refractivity contribution in [2.45, 2.75) is 39.9 Å². The Kier molecular flexibility index (Phi) is 23.6. The van der Waals surface area contributed by atoms with E-state index in [0.29, 0.717) is 51.9 Å². The summed E-state index contributed by atoms with van der Waals surface area (Å²) in [7, 11) is 8.02. The van der Waals surface area contributed by atoms with E-state index in [2.05, 4.69) is 181 Å². The number of hydrogen-bond donors (Lipinski definition) is 10. The first-order valence-electron chi connectivity index (χ1n) is 44.2. The molecule has 0 spiro atoms. The molecule has 0 aliphatic carbocycles. The maximum atomic E-state index is 13.4. The number of aromatic nitrogens is 28. The number of hydrogen-bond acceptors (Lipinski definition) is 24. The summed E-state index contributed by atoms with van der Waals surface area (Å²) in [6.07, 6.45) is 35.7. The van der Waals surface area contributed by atoms with Gasteiger partial charge in [0, 0.05) is 193 Å². The van der Waals surface area contributed by atoms with Crippen molar-refractivity contribution < 1.29 is 17.6 Å². The van der Waals surface area contributed by atoms with Crippen LogP contribution >= 0.6 is 0 Å². The molecule has 139 heavy (non-hydrogen) atoms. The average molecular weight is 1840 g/mol. The SMILES string of the molecule is CC(C)Nc1cncc(-c2cnc3n[nH]c(-c4nc5c(-c6ccc(F)cc6)cncc5[nH]4)c3c2)c1.CCNCc1cncc(-c2cnc3n[nH]c(-c4nc5c(-c6ccc(F)cc6)cncc5[nH]4)c3c2)c1.CN(C)Cc1cncc(-c2cnc3n[nH]c(-c4nc5c(-c6ccc(F)cc6)cncc5[nH]4)c3c2)c1.CN(C)c1cncc(-c2cnc3n[nH]c(-c4nc5c(-c6ccc(F)cc6)cncc5[nH]4)c3c2)c1. The fourth-order valence-corrected chi connectivity index (χ4v) is 16.5. The molecule has 0 aliphatic rings. The minimum atomic E-state index is -0.287.